The van der Waals surface area contributed by atoms with Gasteiger partial charge in [0.25, 0.3) is 0 Å². The van der Waals surface area contributed by atoms with E-state index in [1.807, 2.05) is 0 Å². The number of hydrogen-bond acceptors (Lipinski definition) is 0. The summed E-state index contributed by atoms with van der Waals surface area (Å²) >= 11 is 0. The van der Waals surface area contributed by atoms with E-state index < -0.39 is 7.26 Å². The minimum atomic E-state index is -2.20. The Morgan fingerprint density at radius 1 is 0.690 bits per heavy atom. The fourth-order valence-electron chi connectivity index (χ4n) is 5.30. The van der Waals surface area contributed by atoms with Crippen molar-refractivity contribution in [2.24, 2.45) is 5.41 Å². The van der Waals surface area contributed by atoms with Crippen LogP contribution in [-0.4, -0.2) is 6.16 Å². The zero-order valence-electron chi connectivity index (χ0n) is 18.0. The molecule has 3 aromatic rings. The van der Waals surface area contributed by atoms with Gasteiger partial charge in [-0.15, -0.1) is 0 Å². The predicted octanol–water partition coefficient (Wildman–Crippen LogP) is 6.24. The summed E-state index contributed by atoms with van der Waals surface area (Å²) < 4.78 is 0. The molecule has 0 radical (unpaired) electrons. The first-order valence-corrected chi connectivity index (χ1v) is 13.1. The van der Waals surface area contributed by atoms with Crippen LogP contribution in [-0.2, 0) is 0 Å². The number of hydrogen-bond donors (Lipinski definition) is 0. The van der Waals surface area contributed by atoms with E-state index in [-0.39, 0.29) is 5.41 Å². The fourth-order valence-corrected chi connectivity index (χ4v) is 10.5. The molecular weight excluding hydrogens is 367 g/mol. The number of benzene rings is 3. The van der Waals surface area contributed by atoms with Crippen molar-refractivity contribution in [3.8, 4) is 0 Å². The molecule has 0 saturated heterocycles. The van der Waals surface area contributed by atoms with Gasteiger partial charge in [-0.3, -0.25) is 0 Å². The molecular formula is C28H33P. The molecule has 150 valence electrons. The average Bonchev–Trinajstić information content (AvgIpc) is 2.75. The van der Waals surface area contributed by atoms with Gasteiger partial charge in [0.05, 0.1) is 0 Å². The standard InChI is InChI=1S/C28H33P/c1-23-14-13-21-28(2,3)27(23)22-29(24-15-7-4-8-16-24,25-17-9-5-10-18-25)26-19-11-6-12-20-26/h4-12,15-20,29H,13-14,21-22H2,1-3H3. The topological polar surface area (TPSA) is 0 Å². The summed E-state index contributed by atoms with van der Waals surface area (Å²) in [7, 11) is -2.20. The van der Waals surface area contributed by atoms with Gasteiger partial charge in [-0.05, 0) is 0 Å². The van der Waals surface area contributed by atoms with Crippen LogP contribution < -0.4 is 15.9 Å². The first-order valence-electron chi connectivity index (χ1n) is 10.9. The Labute approximate surface area is 177 Å². The molecule has 1 heteroatoms. The summed E-state index contributed by atoms with van der Waals surface area (Å²) in [4.78, 5) is 0. The molecule has 3 aromatic carbocycles. The Morgan fingerprint density at radius 2 is 1.10 bits per heavy atom. The molecule has 4 rings (SSSR count). The third-order valence-electron chi connectivity index (χ3n) is 6.93. The van der Waals surface area contributed by atoms with Crippen molar-refractivity contribution in [2.45, 2.75) is 40.0 Å². The van der Waals surface area contributed by atoms with E-state index in [1.165, 1.54) is 41.3 Å². The van der Waals surface area contributed by atoms with Gasteiger partial charge in [0.1, 0.15) is 0 Å². The third-order valence-corrected chi connectivity index (χ3v) is 11.8. The average molecular weight is 401 g/mol. The van der Waals surface area contributed by atoms with E-state index in [1.54, 1.807) is 11.1 Å². The van der Waals surface area contributed by atoms with Gasteiger partial charge >= 0.3 is 177 Å². The van der Waals surface area contributed by atoms with Crippen molar-refractivity contribution in [1.82, 2.24) is 0 Å². The van der Waals surface area contributed by atoms with Crippen LogP contribution in [0.3, 0.4) is 0 Å². The van der Waals surface area contributed by atoms with Crippen LogP contribution in [0.5, 0.6) is 0 Å². The Morgan fingerprint density at radius 3 is 1.48 bits per heavy atom. The van der Waals surface area contributed by atoms with Crippen molar-refractivity contribution < 1.29 is 0 Å². The van der Waals surface area contributed by atoms with Crippen molar-refractivity contribution in [3.63, 3.8) is 0 Å². The van der Waals surface area contributed by atoms with E-state index in [2.05, 4.69) is 112 Å². The summed E-state index contributed by atoms with van der Waals surface area (Å²) in [6.45, 7) is 7.31. The van der Waals surface area contributed by atoms with Gasteiger partial charge in [0, 0.05) is 0 Å². The molecule has 29 heavy (non-hydrogen) atoms. The van der Waals surface area contributed by atoms with Gasteiger partial charge in [-0.2, -0.15) is 0 Å². The van der Waals surface area contributed by atoms with E-state index >= 15 is 0 Å². The molecule has 0 unspecified atom stereocenters. The zero-order chi connectivity index (χ0) is 20.3. The van der Waals surface area contributed by atoms with E-state index in [0.717, 1.165) is 0 Å². The molecule has 0 saturated carbocycles. The number of rotatable bonds is 5. The van der Waals surface area contributed by atoms with Gasteiger partial charge < -0.3 is 0 Å². The quantitative estimate of drug-likeness (QED) is 0.351. The molecule has 1 aliphatic rings. The van der Waals surface area contributed by atoms with E-state index in [4.69, 9.17) is 0 Å². The molecule has 0 fully saturated rings. The summed E-state index contributed by atoms with van der Waals surface area (Å²) in [6, 6.07) is 34.0. The molecule has 0 nitrogen and oxygen atoms in total. The summed E-state index contributed by atoms with van der Waals surface area (Å²) in [5.74, 6) is 0. The first-order chi connectivity index (χ1) is 14.0. The second-order valence-corrected chi connectivity index (χ2v) is 13.1. The van der Waals surface area contributed by atoms with Crippen molar-refractivity contribution in [1.29, 1.82) is 0 Å². The fraction of sp³-hybridized carbons (Fsp3) is 0.286. The van der Waals surface area contributed by atoms with Crippen LogP contribution >= 0.6 is 7.26 Å². The Hall–Kier alpha value is -2.17. The van der Waals surface area contributed by atoms with Gasteiger partial charge in [-0.25, -0.2) is 0 Å². The van der Waals surface area contributed by atoms with Crippen LogP contribution in [0.25, 0.3) is 0 Å². The maximum absolute atomic E-state index is 2.46. The summed E-state index contributed by atoms with van der Waals surface area (Å²) in [5, 5.41) is 4.54. The van der Waals surface area contributed by atoms with E-state index in [9.17, 15) is 0 Å². The minimum absolute atomic E-state index is 0.277. The molecule has 0 N–H and O–H groups in total. The van der Waals surface area contributed by atoms with Crippen molar-refractivity contribution in [2.75, 3.05) is 6.16 Å². The Balaban J connectivity index is 2.01. The molecule has 0 heterocycles. The monoisotopic (exact) mass is 400 g/mol. The number of allylic oxidation sites excluding steroid dienone is 2. The summed E-state index contributed by atoms with van der Waals surface area (Å²) in [5.41, 5.74) is 3.60. The third kappa shape index (κ3) is 3.84. The van der Waals surface area contributed by atoms with Gasteiger partial charge in [0.2, 0.25) is 0 Å². The predicted molar refractivity (Wildman–Crippen MR) is 132 cm³/mol. The summed E-state index contributed by atoms with van der Waals surface area (Å²) in [6.07, 6.45) is 5.03. The van der Waals surface area contributed by atoms with Crippen molar-refractivity contribution >= 4 is 23.2 Å². The molecule has 0 aromatic heterocycles. The zero-order valence-corrected chi connectivity index (χ0v) is 19.0. The van der Waals surface area contributed by atoms with Crippen molar-refractivity contribution in [3.05, 3.63) is 102 Å². The Kier molecular flexibility index (Phi) is 5.75. The molecule has 1 aliphatic carbocycles. The van der Waals surface area contributed by atoms with Gasteiger partial charge in [0.15, 0.2) is 0 Å². The molecule has 0 spiro atoms. The Bertz CT molecular complexity index is 872. The molecule has 0 bridgehead atoms. The second-order valence-electron chi connectivity index (χ2n) is 9.18. The van der Waals surface area contributed by atoms with E-state index in [0.29, 0.717) is 0 Å². The van der Waals surface area contributed by atoms with Crippen LogP contribution in [0.2, 0.25) is 0 Å². The normalized spacial score (nSPS) is 17.2. The molecule has 0 atom stereocenters. The van der Waals surface area contributed by atoms with Crippen LogP contribution in [0.15, 0.2) is 102 Å². The molecule has 0 aliphatic heterocycles. The van der Waals surface area contributed by atoms with Crippen LogP contribution in [0.1, 0.15) is 40.0 Å². The SMILES string of the molecule is CC1=C(C[PH](c2ccccc2)(c2ccccc2)c2ccccc2)C(C)(C)CCC1. The van der Waals surface area contributed by atoms with Gasteiger partial charge in [-0.1, -0.05) is 0 Å². The first kappa shape index (κ1) is 20.1. The second kappa shape index (κ2) is 8.29. The molecule has 0 amide bonds. The van der Waals surface area contributed by atoms with Crippen LogP contribution in [0.4, 0.5) is 0 Å². The van der Waals surface area contributed by atoms with Crippen LogP contribution in [0, 0.1) is 5.41 Å². The maximum atomic E-state index is 2.46.